The molecule has 0 saturated heterocycles. The minimum Gasteiger partial charge on any atom is -0.338 e. The smallest absolute Gasteiger partial charge is 0.240 e. The Labute approximate surface area is 140 Å². The summed E-state index contributed by atoms with van der Waals surface area (Å²) in [5.74, 6) is 2.03. The maximum atomic E-state index is 5.29. The van der Waals surface area contributed by atoms with E-state index in [0.29, 0.717) is 18.4 Å². The summed E-state index contributed by atoms with van der Waals surface area (Å²) in [6.07, 6.45) is 7.53. The van der Waals surface area contributed by atoms with Gasteiger partial charge in [-0.25, -0.2) is 9.97 Å². The van der Waals surface area contributed by atoms with Gasteiger partial charge < -0.3 is 9.84 Å². The minimum atomic E-state index is 0.197. The summed E-state index contributed by atoms with van der Waals surface area (Å²) in [7, 11) is 0. The van der Waals surface area contributed by atoms with Crippen LogP contribution in [0.2, 0.25) is 0 Å². The molecule has 0 amide bonds. The van der Waals surface area contributed by atoms with Crippen LogP contribution < -0.4 is 5.32 Å². The van der Waals surface area contributed by atoms with Gasteiger partial charge in [0.2, 0.25) is 5.89 Å². The van der Waals surface area contributed by atoms with Gasteiger partial charge in [-0.3, -0.25) is 0 Å². The average Bonchev–Trinajstić information content (AvgIpc) is 3.39. The summed E-state index contributed by atoms with van der Waals surface area (Å²) >= 11 is 0. The number of hydrogen-bond acceptors (Lipinski definition) is 6. The second-order valence-corrected chi connectivity index (χ2v) is 6.17. The highest BCUT2D eigenvalue weighted by atomic mass is 16.5. The molecule has 1 aliphatic carbocycles. The zero-order valence-corrected chi connectivity index (χ0v) is 13.5. The summed E-state index contributed by atoms with van der Waals surface area (Å²) < 4.78 is 5.29. The molecule has 24 heavy (non-hydrogen) atoms. The van der Waals surface area contributed by atoms with Crippen LogP contribution in [0, 0.1) is 0 Å². The predicted molar refractivity (Wildman–Crippen MR) is 89.0 cm³/mol. The Morgan fingerprint density at radius 2 is 1.88 bits per heavy atom. The van der Waals surface area contributed by atoms with Crippen molar-refractivity contribution in [1.82, 2.24) is 25.4 Å². The molecule has 0 bridgehead atoms. The first-order valence-electron chi connectivity index (χ1n) is 8.21. The summed E-state index contributed by atoms with van der Waals surface area (Å²) in [4.78, 5) is 12.5. The number of nitrogens with one attached hydrogen (secondary N) is 1. The molecular formula is C18H19N5O. The molecule has 0 spiro atoms. The Bertz CT molecular complexity index is 796. The van der Waals surface area contributed by atoms with Gasteiger partial charge >= 0.3 is 0 Å². The van der Waals surface area contributed by atoms with Crippen LogP contribution in [0.15, 0.2) is 47.5 Å². The van der Waals surface area contributed by atoms with E-state index in [4.69, 9.17) is 4.52 Å². The molecule has 122 valence electrons. The molecule has 2 aromatic heterocycles. The van der Waals surface area contributed by atoms with Crippen LogP contribution in [0.5, 0.6) is 0 Å². The number of nitrogens with zero attached hydrogens (tertiary/aromatic N) is 4. The van der Waals surface area contributed by atoms with Crippen molar-refractivity contribution in [2.24, 2.45) is 0 Å². The van der Waals surface area contributed by atoms with E-state index >= 15 is 0 Å². The van der Waals surface area contributed by atoms with Crippen LogP contribution in [0.3, 0.4) is 0 Å². The Morgan fingerprint density at radius 1 is 1.12 bits per heavy atom. The standard InChI is InChI=1S/C18H19N5O/c1-12(21-10-17-22-18(23-24-17)15-6-7-15)13-2-4-14(5-3-13)16-8-19-11-20-9-16/h2-5,8-9,11-12,15,21H,6-7,10H2,1H3. The molecule has 1 N–H and O–H groups in total. The maximum Gasteiger partial charge on any atom is 0.240 e. The molecule has 1 aromatic carbocycles. The van der Waals surface area contributed by atoms with Gasteiger partial charge in [0.25, 0.3) is 0 Å². The lowest BCUT2D eigenvalue weighted by Gasteiger charge is -2.13. The van der Waals surface area contributed by atoms with Gasteiger partial charge in [0, 0.05) is 29.9 Å². The van der Waals surface area contributed by atoms with E-state index in [1.807, 2.05) is 12.4 Å². The molecule has 2 heterocycles. The second kappa shape index (κ2) is 6.49. The zero-order valence-electron chi connectivity index (χ0n) is 13.5. The van der Waals surface area contributed by atoms with Gasteiger partial charge in [0.1, 0.15) is 6.33 Å². The summed E-state index contributed by atoms with van der Waals surface area (Å²) in [5, 5.41) is 7.46. The Hall–Kier alpha value is -2.60. The third-order valence-electron chi connectivity index (χ3n) is 4.29. The van der Waals surface area contributed by atoms with E-state index in [1.165, 1.54) is 24.7 Å². The number of benzene rings is 1. The van der Waals surface area contributed by atoms with Crippen LogP contribution in [0.4, 0.5) is 0 Å². The summed E-state index contributed by atoms with van der Waals surface area (Å²) in [5.41, 5.74) is 3.33. The molecule has 6 nitrogen and oxygen atoms in total. The van der Waals surface area contributed by atoms with Crippen LogP contribution >= 0.6 is 0 Å². The molecular weight excluding hydrogens is 302 g/mol. The third-order valence-corrected chi connectivity index (χ3v) is 4.29. The molecule has 0 radical (unpaired) electrons. The van der Waals surface area contributed by atoms with Crippen molar-refractivity contribution in [2.75, 3.05) is 0 Å². The van der Waals surface area contributed by atoms with Gasteiger partial charge in [-0.2, -0.15) is 4.98 Å². The lowest BCUT2D eigenvalue weighted by Crippen LogP contribution is -2.18. The minimum absolute atomic E-state index is 0.197. The maximum absolute atomic E-state index is 5.29. The third kappa shape index (κ3) is 3.33. The Balaban J connectivity index is 1.37. The van der Waals surface area contributed by atoms with E-state index in [1.54, 1.807) is 0 Å². The second-order valence-electron chi connectivity index (χ2n) is 6.17. The molecule has 4 rings (SSSR count). The van der Waals surface area contributed by atoms with E-state index < -0.39 is 0 Å². The van der Waals surface area contributed by atoms with E-state index in [2.05, 4.69) is 56.6 Å². The number of hydrogen-bond donors (Lipinski definition) is 1. The van der Waals surface area contributed by atoms with Crippen LogP contribution in [0.1, 0.15) is 49.0 Å². The normalized spacial score (nSPS) is 15.4. The first-order chi connectivity index (χ1) is 11.8. The molecule has 6 heteroatoms. The van der Waals surface area contributed by atoms with Gasteiger partial charge in [-0.15, -0.1) is 0 Å². The van der Waals surface area contributed by atoms with Gasteiger partial charge in [-0.05, 0) is 30.9 Å². The monoisotopic (exact) mass is 321 g/mol. The topological polar surface area (TPSA) is 76.7 Å². The van der Waals surface area contributed by atoms with Gasteiger partial charge in [0.05, 0.1) is 6.54 Å². The highest BCUT2D eigenvalue weighted by Gasteiger charge is 2.28. The molecule has 0 aliphatic heterocycles. The summed E-state index contributed by atoms with van der Waals surface area (Å²) in [6, 6.07) is 8.60. The van der Waals surface area contributed by atoms with Crippen molar-refractivity contribution in [2.45, 2.75) is 38.3 Å². The number of aromatic nitrogens is 4. The van der Waals surface area contributed by atoms with Crippen molar-refractivity contribution >= 4 is 0 Å². The molecule has 3 aromatic rings. The van der Waals surface area contributed by atoms with Crippen LogP contribution in [0.25, 0.3) is 11.1 Å². The lowest BCUT2D eigenvalue weighted by molar-refractivity contribution is 0.356. The zero-order chi connectivity index (χ0) is 16.4. The molecule has 1 unspecified atom stereocenters. The fourth-order valence-corrected chi connectivity index (χ4v) is 2.62. The van der Waals surface area contributed by atoms with Crippen molar-refractivity contribution in [1.29, 1.82) is 0 Å². The first kappa shape index (κ1) is 15.0. The Kier molecular flexibility index (Phi) is 4.04. The molecule has 1 saturated carbocycles. The summed E-state index contributed by atoms with van der Waals surface area (Å²) in [6.45, 7) is 2.70. The molecule has 1 atom stereocenters. The SMILES string of the molecule is CC(NCc1nc(C2CC2)no1)c1ccc(-c2cncnc2)cc1. The fourth-order valence-electron chi connectivity index (χ4n) is 2.62. The van der Waals surface area contributed by atoms with Crippen LogP contribution in [-0.4, -0.2) is 20.1 Å². The van der Waals surface area contributed by atoms with Crippen molar-refractivity contribution < 1.29 is 4.52 Å². The van der Waals surface area contributed by atoms with Gasteiger partial charge in [-0.1, -0.05) is 29.4 Å². The van der Waals surface area contributed by atoms with Crippen molar-refractivity contribution in [3.05, 3.63) is 60.3 Å². The van der Waals surface area contributed by atoms with Gasteiger partial charge in [0.15, 0.2) is 5.82 Å². The average molecular weight is 321 g/mol. The van der Waals surface area contributed by atoms with Crippen molar-refractivity contribution in [3.8, 4) is 11.1 Å². The largest absolute Gasteiger partial charge is 0.338 e. The van der Waals surface area contributed by atoms with E-state index in [0.717, 1.165) is 17.0 Å². The molecule has 1 aliphatic rings. The quantitative estimate of drug-likeness (QED) is 0.751. The highest BCUT2D eigenvalue weighted by Crippen LogP contribution is 2.38. The molecule has 1 fully saturated rings. The van der Waals surface area contributed by atoms with E-state index in [-0.39, 0.29) is 6.04 Å². The highest BCUT2D eigenvalue weighted by molar-refractivity contribution is 5.61. The Morgan fingerprint density at radius 3 is 2.58 bits per heavy atom. The van der Waals surface area contributed by atoms with Crippen LogP contribution in [-0.2, 0) is 6.54 Å². The van der Waals surface area contributed by atoms with E-state index in [9.17, 15) is 0 Å². The lowest BCUT2D eigenvalue weighted by atomic mass is 10.0. The van der Waals surface area contributed by atoms with Crippen molar-refractivity contribution in [3.63, 3.8) is 0 Å². The predicted octanol–water partition coefficient (Wildman–Crippen LogP) is 3.25. The fraction of sp³-hybridized carbons (Fsp3) is 0.333. The first-order valence-corrected chi connectivity index (χ1v) is 8.21. The number of rotatable bonds is 6.